The largest absolute Gasteiger partial charge is 0.499 e. The summed E-state index contributed by atoms with van der Waals surface area (Å²) in [4.78, 5) is 17.8. The molecule has 122 valence electrons. The van der Waals surface area contributed by atoms with E-state index in [9.17, 15) is 4.79 Å². The first-order valence-corrected chi connectivity index (χ1v) is 8.14. The third-order valence-corrected chi connectivity index (χ3v) is 4.81. The summed E-state index contributed by atoms with van der Waals surface area (Å²) in [5, 5.41) is 18.3. The minimum absolute atomic E-state index is 0.198. The number of aromatic nitrogens is 2. The van der Waals surface area contributed by atoms with Crippen LogP contribution in [0.4, 0.5) is 5.69 Å². The van der Waals surface area contributed by atoms with E-state index in [-0.39, 0.29) is 5.56 Å². The SMILES string of the molecule is Cc1c(N=Cc2ccc(B(O)O)s2)c(=O)n(-c2ccccc2)n1C. The molecule has 0 atom stereocenters. The Bertz CT molecular complexity index is 941. The Kier molecular flexibility index (Phi) is 4.52. The van der Waals surface area contributed by atoms with Gasteiger partial charge in [0, 0.05) is 22.9 Å². The zero-order valence-corrected chi connectivity index (χ0v) is 14.1. The molecule has 0 unspecified atom stereocenters. The fraction of sp³-hybridized carbons (Fsp3) is 0.125. The van der Waals surface area contributed by atoms with Crippen LogP contribution in [0.5, 0.6) is 0 Å². The molecule has 0 saturated heterocycles. The normalized spacial score (nSPS) is 11.3. The summed E-state index contributed by atoms with van der Waals surface area (Å²) in [6.07, 6.45) is 1.57. The highest BCUT2D eigenvalue weighted by molar-refractivity contribution is 7.23. The van der Waals surface area contributed by atoms with Gasteiger partial charge in [-0.3, -0.25) is 9.48 Å². The first-order chi connectivity index (χ1) is 11.5. The van der Waals surface area contributed by atoms with Crippen LogP contribution in [0.15, 0.2) is 52.3 Å². The highest BCUT2D eigenvalue weighted by atomic mass is 32.1. The summed E-state index contributed by atoms with van der Waals surface area (Å²) in [6.45, 7) is 1.84. The van der Waals surface area contributed by atoms with Gasteiger partial charge >= 0.3 is 7.12 Å². The van der Waals surface area contributed by atoms with Crippen molar-refractivity contribution in [2.75, 3.05) is 0 Å². The number of para-hydroxylation sites is 1. The van der Waals surface area contributed by atoms with Crippen LogP contribution in [-0.4, -0.2) is 32.7 Å². The number of aliphatic imine (C=N–C) groups is 1. The molecule has 2 aromatic heterocycles. The highest BCUT2D eigenvalue weighted by Crippen LogP contribution is 2.17. The number of hydrogen-bond acceptors (Lipinski definition) is 5. The van der Waals surface area contributed by atoms with Crippen LogP contribution >= 0.6 is 11.3 Å². The number of rotatable bonds is 4. The second-order valence-corrected chi connectivity index (χ2v) is 6.43. The molecule has 0 spiro atoms. The number of benzene rings is 1. The first-order valence-electron chi connectivity index (χ1n) is 7.33. The van der Waals surface area contributed by atoms with Crippen molar-refractivity contribution >= 4 is 35.1 Å². The molecule has 0 aliphatic heterocycles. The van der Waals surface area contributed by atoms with Crippen molar-refractivity contribution in [3.05, 3.63) is 63.4 Å². The molecule has 2 heterocycles. The fourth-order valence-electron chi connectivity index (χ4n) is 2.41. The van der Waals surface area contributed by atoms with E-state index >= 15 is 0 Å². The van der Waals surface area contributed by atoms with Gasteiger partial charge in [-0.05, 0) is 25.1 Å². The van der Waals surface area contributed by atoms with Crippen LogP contribution < -0.4 is 10.3 Å². The molecule has 24 heavy (non-hydrogen) atoms. The lowest BCUT2D eigenvalue weighted by molar-refractivity contribution is 0.427. The van der Waals surface area contributed by atoms with Crippen molar-refractivity contribution in [2.45, 2.75) is 6.92 Å². The van der Waals surface area contributed by atoms with Gasteiger partial charge in [-0.25, -0.2) is 9.67 Å². The van der Waals surface area contributed by atoms with E-state index < -0.39 is 7.12 Å². The fourth-order valence-corrected chi connectivity index (χ4v) is 3.16. The monoisotopic (exact) mass is 341 g/mol. The lowest BCUT2D eigenvalue weighted by Crippen LogP contribution is -2.26. The predicted molar refractivity (Wildman–Crippen MR) is 97.1 cm³/mol. The Balaban J connectivity index is 2.00. The van der Waals surface area contributed by atoms with Gasteiger partial charge in [-0.2, -0.15) is 0 Å². The molecule has 6 nitrogen and oxygen atoms in total. The van der Waals surface area contributed by atoms with Gasteiger partial charge < -0.3 is 10.0 Å². The average Bonchev–Trinajstić information content (AvgIpc) is 3.12. The first kappa shape index (κ1) is 16.4. The van der Waals surface area contributed by atoms with E-state index in [4.69, 9.17) is 10.0 Å². The van der Waals surface area contributed by atoms with Crippen LogP contribution in [0.25, 0.3) is 5.69 Å². The number of thiophene rings is 1. The lowest BCUT2D eigenvalue weighted by atomic mass is 9.90. The second-order valence-electron chi connectivity index (χ2n) is 5.28. The standard InChI is InChI=1S/C16H16BN3O3S/c1-11-15(18-10-13-8-9-14(24-13)17(22)23)16(21)20(19(11)2)12-6-4-3-5-7-12/h3-10,22-23H,1-2H3. The van der Waals surface area contributed by atoms with Gasteiger partial charge in [0.1, 0.15) is 0 Å². The Morgan fingerprint density at radius 2 is 1.88 bits per heavy atom. The van der Waals surface area contributed by atoms with Crippen molar-refractivity contribution in [2.24, 2.45) is 12.0 Å². The highest BCUT2D eigenvalue weighted by Gasteiger charge is 2.16. The van der Waals surface area contributed by atoms with Crippen LogP contribution in [0.3, 0.4) is 0 Å². The maximum absolute atomic E-state index is 12.7. The van der Waals surface area contributed by atoms with E-state index in [2.05, 4.69) is 4.99 Å². The van der Waals surface area contributed by atoms with Crippen LogP contribution in [0, 0.1) is 6.92 Å². The minimum Gasteiger partial charge on any atom is -0.423 e. The Morgan fingerprint density at radius 1 is 1.17 bits per heavy atom. The van der Waals surface area contributed by atoms with E-state index in [0.29, 0.717) is 10.5 Å². The zero-order valence-electron chi connectivity index (χ0n) is 13.2. The Morgan fingerprint density at radius 3 is 2.50 bits per heavy atom. The molecule has 0 fully saturated rings. The van der Waals surface area contributed by atoms with Gasteiger partial charge in [0.15, 0.2) is 5.69 Å². The van der Waals surface area contributed by atoms with Crippen molar-refractivity contribution < 1.29 is 10.0 Å². The lowest BCUT2D eigenvalue weighted by Gasteiger charge is -2.07. The maximum atomic E-state index is 12.7. The molecule has 0 bridgehead atoms. The van der Waals surface area contributed by atoms with Gasteiger partial charge in [-0.1, -0.05) is 24.3 Å². The van der Waals surface area contributed by atoms with Crippen LogP contribution in [0.2, 0.25) is 0 Å². The number of hydrogen-bond donors (Lipinski definition) is 2. The molecule has 3 aromatic rings. The molecule has 0 radical (unpaired) electrons. The van der Waals surface area contributed by atoms with Gasteiger partial charge in [-0.15, -0.1) is 11.3 Å². The molecule has 3 rings (SSSR count). The molecule has 0 aliphatic rings. The molecule has 8 heteroatoms. The summed E-state index contributed by atoms with van der Waals surface area (Å²) < 4.78 is 3.77. The number of nitrogens with zero attached hydrogens (tertiary/aromatic N) is 3. The summed E-state index contributed by atoms with van der Waals surface area (Å²) in [5.41, 5.74) is 1.69. The molecular weight excluding hydrogens is 325 g/mol. The molecule has 0 saturated carbocycles. The van der Waals surface area contributed by atoms with E-state index in [1.165, 1.54) is 11.3 Å². The molecule has 0 aliphatic carbocycles. The molecule has 1 aromatic carbocycles. The summed E-state index contributed by atoms with van der Waals surface area (Å²) in [7, 11) is 0.319. The minimum atomic E-state index is -1.49. The summed E-state index contributed by atoms with van der Waals surface area (Å²) in [6, 6.07) is 12.7. The van der Waals surface area contributed by atoms with Gasteiger partial charge in [0.25, 0.3) is 5.56 Å². The maximum Gasteiger partial charge on any atom is 0.499 e. The molecule has 2 N–H and O–H groups in total. The van der Waals surface area contributed by atoms with Crippen LogP contribution in [0.1, 0.15) is 10.6 Å². The Labute approximate surface area is 143 Å². The average molecular weight is 341 g/mol. The summed E-state index contributed by atoms with van der Waals surface area (Å²) >= 11 is 1.21. The third kappa shape index (κ3) is 2.99. The second kappa shape index (κ2) is 6.60. The third-order valence-electron chi connectivity index (χ3n) is 3.75. The van der Waals surface area contributed by atoms with Crippen molar-refractivity contribution in [1.29, 1.82) is 0 Å². The predicted octanol–water partition coefficient (Wildman–Crippen LogP) is 0.976. The smallest absolute Gasteiger partial charge is 0.423 e. The quantitative estimate of drug-likeness (QED) is 0.548. The summed E-state index contributed by atoms with van der Waals surface area (Å²) in [5.74, 6) is 0. The molecule has 0 amide bonds. The zero-order chi connectivity index (χ0) is 17.3. The van der Waals surface area contributed by atoms with Crippen LogP contribution in [-0.2, 0) is 7.05 Å². The van der Waals surface area contributed by atoms with E-state index in [1.807, 2.05) is 44.3 Å². The van der Waals surface area contributed by atoms with Gasteiger partial charge in [0.2, 0.25) is 0 Å². The van der Waals surface area contributed by atoms with Crippen molar-refractivity contribution in [3.63, 3.8) is 0 Å². The van der Waals surface area contributed by atoms with E-state index in [1.54, 1.807) is 27.7 Å². The van der Waals surface area contributed by atoms with E-state index in [0.717, 1.165) is 16.3 Å². The van der Waals surface area contributed by atoms with Crippen molar-refractivity contribution in [3.8, 4) is 5.69 Å². The van der Waals surface area contributed by atoms with Crippen molar-refractivity contribution in [1.82, 2.24) is 9.36 Å². The topological polar surface area (TPSA) is 79.8 Å². The van der Waals surface area contributed by atoms with Gasteiger partial charge in [0.05, 0.1) is 11.4 Å². The molecular formula is C16H16BN3O3S. The Hall–Kier alpha value is -2.42.